The molecule has 1 aliphatic heterocycles. The number of pyridine rings is 1. The van der Waals surface area contributed by atoms with Crippen molar-refractivity contribution in [2.75, 3.05) is 0 Å². The van der Waals surface area contributed by atoms with Crippen molar-refractivity contribution in [2.45, 2.75) is 18.5 Å². The number of aromatic nitrogens is 1. The van der Waals surface area contributed by atoms with Crippen LogP contribution in [0.15, 0.2) is 125 Å². The number of carbonyl (C=O) groups excluding carboxylic acids is 1. The van der Waals surface area contributed by atoms with Gasteiger partial charge in [0, 0.05) is 29.4 Å². The van der Waals surface area contributed by atoms with Gasteiger partial charge in [0.05, 0.1) is 36.9 Å². The summed E-state index contributed by atoms with van der Waals surface area (Å²) in [7, 11) is -2.54. The number of para-hydroxylation sites is 1. The number of benzene rings is 5. The van der Waals surface area contributed by atoms with Gasteiger partial charge >= 0.3 is 0 Å². The van der Waals surface area contributed by atoms with E-state index in [0.29, 0.717) is 29.4 Å². The van der Waals surface area contributed by atoms with Gasteiger partial charge in [-0.15, -0.1) is 0 Å². The first-order valence-corrected chi connectivity index (χ1v) is 18.4. The van der Waals surface area contributed by atoms with E-state index >= 15 is 0 Å². The monoisotopic (exact) mass is 700 g/mol. The van der Waals surface area contributed by atoms with Crippen LogP contribution >= 0.6 is 53.5 Å². The maximum Gasteiger partial charge on any atom is 0.265 e. The summed E-state index contributed by atoms with van der Waals surface area (Å²) in [6, 6.07) is 37.6. The Labute approximate surface area is 286 Å². The summed E-state index contributed by atoms with van der Waals surface area (Å²) >= 11 is 26.6. The third kappa shape index (κ3) is 5.43. The Balaban J connectivity index is 1.63. The van der Waals surface area contributed by atoms with E-state index in [1.54, 1.807) is 24.3 Å². The summed E-state index contributed by atoms with van der Waals surface area (Å²) in [5.41, 5.74) is 4.28. The van der Waals surface area contributed by atoms with E-state index in [1.807, 2.05) is 54.6 Å². The lowest BCUT2D eigenvalue weighted by Gasteiger charge is -2.27. The van der Waals surface area contributed by atoms with Crippen molar-refractivity contribution in [3.8, 4) is 11.3 Å². The molecule has 5 aromatic carbocycles. The first kappa shape index (κ1) is 31.0. The van der Waals surface area contributed by atoms with Gasteiger partial charge in [-0.3, -0.25) is 18.9 Å². The molecule has 0 N–H and O–H groups in total. The fourth-order valence-corrected chi connectivity index (χ4v) is 11.1. The van der Waals surface area contributed by atoms with Crippen molar-refractivity contribution >= 4 is 76.0 Å². The van der Waals surface area contributed by atoms with Crippen LogP contribution in [0.5, 0.6) is 0 Å². The lowest BCUT2D eigenvalue weighted by atomic mass is 10.0. The van der Waals surface area contributed by atoms with Crippen LogP contribution in [0.4, 0.5) is 5.69 Å². The highest BCUT2D eigenvalue weighted by molar-refractivity contribution is 7.64. The number of fused-ring (bicyclic) bond motifs is 5. The predicted octanol–water partition coefficient (Wildman–Crippen LogP) is 11.7. The van der Waals surface area contributed by atoms with Crippen LogP contribution in [0.3, 0.4) is 0 Å². The summed E-state index contributed by atoms with van der Waals surface area (Å²) in [4.78, 5) is 28.9. The third-order valence-electron chi connectivity index (χ3n) is 8.24. The molecule has 0 spiro atoms. The van der Waals surface area contributed by atoms with Gasteiger partial charge in [-0.1, -0.05) is 150 Å². The minimum absolute atomic E-state index is 0.0128. The van der Waals surface area contributed by atoms with Crippen LogP contribution in [0.2, 0.25) is 20.1 Å². The minimum atomic E-state index is -2.54. The summed E-state index contributed by atoms with van der Waals surface area (Å²) in [6.45, 7) is 0. The molecule has 7 rings (SSSR count). The Kier molecular flexibility index (Phi) is 8.44. The highest BCUT2D eigenvalue weighted by Gasteiger charge is 2.38. The van der Waals surface area contributed by atoms with Crippen LogP contribution < -0.4 is 5.43 Å². The molecule has 0 saturated heterocycles. The van der Waals surface area contributed by atoms with E-state index in [2.05, 4.69) is 36.4 Å². The molecule has 0 aliphatic carbocycles. The number of hydrogen-bond acceptors (Lipinski definition) is 3. The van der Waals surface area contributed by atoms with Gasteiger partial charge in [-0.05, 0) is 35.9 Å². The van der Waals surface area contributed by atoms with Crippen molar-refractivity contribution < 1.29 is 4.79 Å². The topological polar surface area (TPSA) is 51.4 Å². The standard InChI is InChI=1S/C37H25Cl4N2O2P/c38-30-28-29(31(39)33(41)32(30)40)37(45)43-27-19-11-10-18-26(27)36(44)34(35(28)43)42-46(20-23-12-4-1-5-13-23,21-24-14-6-2-7-15-24)22-25-16-8-3-9-17-25/h1-19H,20-22H2. The van der Waals surface area contributed by atoms with Crippen molar-refractivity contribution in [3.63, 3.8) is 0 Å². The first-order chi connectivity index (χ1) is 22.3. The Hall–Kier alpha value is -3.63. The minimum Gasteiger partial charge on any atom is -0.287 e. The Bertz CT molecular complexity index is 2160. The van der Waals surface area contributed by atoms with E-state index in [1.165, 1.54) is 4.57 Å². The second kappa shape index (κ2) is 12.5. The molecule has 228 valence electrons. The smallest absolute Gasteiger partial charge is 0.265 e. The number of halogens is 4. The molecule has 1 aromatic heterocycles. The second-order valence-corrected chi connectivity index (χ2v) is 16.2. The number of hydrogen-bond donors (Lipinski definition) is 0. The zero-order valence-corrected chi connectivity index (χ0v) is 28.2. The van der Waals surface area contributed by atoms with Gasteiger partial charge in [-0.2, -0.15) is 0 Å². The van der Waals surface area contributed by atoms with E-state index in [9.17, 15) is 9.59 Å². The van der Waals surface area contributed by atoms with Gasteiger partial charge in [0.15, 0.2) is 0 Å². The highest BCUT2D eigenvalue weighted by Crippen LogP contribution is 2.62. The second-order valence-electron chi connectivity index (χ2n) is 11.3. The molecule has 2 heterocycles. The third-order valence-corrected chi connectivity index (χ3v) is 13.5. The molecule has 0 unspecified atom stereocenters. The SMILES string of the molecule is O=C1c2c(Cl)c(Cl)c(Cl)c(Cl)c2-c2c(N=P(Cc3ccccc3)(Cc3ccccc3)Cc3ccccc3)c(=O)c3ccccc3n21. The molecule has 6 aromatic rings. The highest BCUT2D eigenvalue weighted by atomic mass is 35.5. The first-order valence-electron chi connectivity index (χ1n) is 14.6. The zero-order chi connectivity index (χ0) is 32.0. The summed E-state index contributed by atoms with van der Waals surface area (Å²) in [5, 5.41) is 0.403. The molecule has 4 nitrogen and oxygen atoms in total. The maximum atomic E-state index is 14.7. The molecule has 0 bridgehead atoms. The zero-order valence-electron chi connectivity index (χ0n) is 24.3. The molecule has 9 heteroatoms. The van der Waals surface area contributed by atoms with E-state index in [4.69, 9.17) is 51.1 Å². The molecule has 0 amide bonds. The fraction of sp³-hybridized carbons (Fsp3) is 0.0811. The Morgan fingerprint density at radius 3 is 1.48 bits per heavy atom. The Morgan fingerprint density at radius 2 is 0.978 bits per heavy atom. The van der Waals surface area contributed by atoms with Crippen molar-refractivity contribution in [1.29, 1.82) is 0 Å². The lowest BCUT2D eigenvalue weighted by molar-refractivity contribution is 0.0973. The largest absolute Gasteiger partial charge is 0.287 e. The molecule has 0 radical (unpaired) electrons. The lowest BCUT2D eigenvalue weighted by Crippen LogP contribution is -2.14. The molecule has 0 saturated carbocycles. The van der Waals surface area contributed by atoms with Crippen LogP contribution in [0.25, 0.3) is 22.2 Å². The molecule has 0 atom stereocenters. The molecular formula is C37H25Cl4N2O2P. The predicted molar refractivity (Wildman–Crippen MR) is 193 cm³/mol. The molecule has 46 heavy (non-hydrogen) atoms. The van der Waals surface area contributed by atoms with E-state index < -0.39 is 13.0 Å². The molecule has 0 fully saturated rings. The number of rotatable bonds is 7. The van der Waals surface area contributed by atoms with Crippen molar-refractivity contribution in [3.05, 3.63) is 168 Å². The van der Waals surface area contributed by atoms with Crippen molar-refractivity contribution in [1.82, 2.24) is 4.57 Å². The van der Waals surface area contributed by atoms with Gasteiger partial charge in [-0.25, -0.2) is 0 Å². The summed E-state index contributed by atoms with van der Waals surface area (Å²) < 4.78 is 7.09. The number of carbonyl (C=O) groups is 1. The van der Waals surface area contributed by atoms with Gasteiger partial charge < -0.3 is 0 Å². The van der Waals surface area contributed by atoms with Gasteiger partial charge in [0.1, 0.15) is 5.69 Å². The quantitative estimate of drug-likeness (QED) is 0.0943. The average molecular weight is 702 g/mol. The van der Waals surface area contributed by atoms with Gasteiger partial charge in [0.25, 0.3) is 5.91 Å². The van der Waals surface area contributed by atoms with Crippen LogP contribution in [-0.2, 0) is 18.5 Å². The summed E-state index contributed by atoms with van der Waals surface area (Å²) in [5.74, 6) is -0.443. The van der Waals surface area contributed by atoms with Crippen molar-refractivity contribution in [2.24, 2.45) is 4.74 Å². The molecule has 1 aliphatic rings. The average Bonchev–Trinajstić information content (AvgIpc) is 3.39. The number of nitrogens with zero attached hydrogens (tertiary/aromatic N) is 2. The maximum absolute atomic E-state index is 14.7. The van der Waals surface area contributed by atoms with Crippen LogP contribution in [-0.4, -0.2) is 10.5 Å². The fourth-order valence-electron chi connectivity index (χ4n) is 6.28. The van der Waals surface area contributed by atoms with E-state index in [0.717, 1.165) is 16.7 Å². The Morgan fingerprint density at radius 1 is 0.543 bits per heavy atom. The molecular weight excluding hydrogens is 677 g/mol. The van der Waals surface area contributed by atoms with Crippen LogP contribution in [0.1, 0.15) is 27.0 Å². The normalized spacial score (nSPS) is 12.3. The van der Waals surface area contributed by atoms with E-state index in [-0.39, 0.29) is 48.0 Å². The van der Waals surface area contributed by atoms with Gasteiger partial charge in [0.2, 0.25) is 5.43 Å². The van der Waals surface area contributed by atoms with Crippen LogP contribution in [0, 0.1) is 0 Å². The summed E-state index contributed by atoms with van der Waals surface area (Å²) in [6.07, 6.45) is 1.88.